The van der Waals surface area contributed by atoms with Crippen molar-refractivity contribution in [2.45, 2.75) is 52.6 Å². The number of esters is 1. The second kappa shape index (κ2) is 5.78. The molecule has 1 atom stereocenters. The molecular formula is C11H20O3. The quantitative estimate of drug-likeness (QED) is 0.505. The van der Waals surface area contributed by atoms with Crippen molar-refractivity contribution >= 4 is 12.3 Å². The fourth-order valence-corrected chi connectivity index (χ4v) is 1.06. The molecule has 0 aliphatic rings. The summed E-state index contributed by atoms with van der Waals surface area (Å²) in [7, 11) is 0. The Morgan fingerprint density at radius 2 is 2.00 bits per heavy atom. The van der Waals surface area contributed by atoms with Gasteiger partial charge in [0, 0.05) is 12.3 Å². The van der Waals surface area contributed by atoms with E-state index in [1.807, 2.05) is 27.7 Å². The van der Waals surface area contributed by atoms with Gasteiger partial charge in [-0.25, -0.2) is 0 Å². The summed E-state index contributed by atoms with van der Waals surface area (Å²) in [5.41, 5.74) is -0.431. The number of hydrogen-bond acceptors (Lipinski definition) is 3. The number of carbonyl (C=O) groups excluding carboxylic acids is 2. The molecule has 0 amide bonds. The Morgan fingerprint density at radius 1 is 1.43 bits per heavy atom. The first-order valence-corrected chi connectivity index (χ1v) is 5.06. The minimum Gasteiger partial charge on any atom is -0.460 e. The third-order valence-corrected chi connectivity index (χ3v) is 1.86. The zero-order chi connectivity index (χ0) is 11.2. The van der Waals surface area contributed by atoms with E-state index in [0.717, 1.165) is 12.7 Å². The van der Waals surface area contributed by atoms with Crippen LogP contribution in [0.3, 0.4) is 0 Å². The SMILES string of the molecule is CCC(C=O)CCC(=O)OC(C)(C)C. The first-order chi connectivity index (χ1) is 6.39. The molecule has 1 unspecified atom stereocenters. The summed E-state index contributed by atoms with van der Waals surface area (Å²) < 4.78 is 5.12. The van der Waals surface area contributed by atoms with E-state index in [-0.39, 0.29) is 11.9 Å². The number of aldehydes is 1. The number of hydrogen-bond donors (Lipinski definition) is 0. The van der Waals surface area contributed by atoms with E-state index < -0.39 is 5.60 Å². The van der Waals surface area contributed by atoms with Crippen molar-refractivity contribution in [1.82, 2.24) is 0 Å². The minimum absolute atomic E-state index is 0.0116. The van der Waals surface area contributed by atoms with Crippen molar-refractivity contribution < 1.29 is 14.3 Å². The molecule has 0 rings (SSSR count). The van der Waals surface area contributed by atoms with Crippen LogP contribution in [0.4, 0.5) is 0 Å². The van der Waals surface area contributed by atoms with Gasteiger partial charge in [0.2, 0.25) is 0 Å². The van der Waals surface area contributed by atoms with Crippen LogP contribution >= 0.6 is 0 Å². The lowest BCUT2D eigenvalue weighted by Gasteiger charge is -2.19. The lowest BCUT2D eigenvalue weighted by molar-refractivity contribution is -0.155. The van der Waals surface area contributed by atoms with Gasteiger partial charge in [-0.2, -0.15) is 0 Å². The van der Waals surface area contributed by atoms with E-state index in [1.54, 1.807) is 0 Å². The third-order valence-electron chi connectivity index (χ3n) is 1.86. The highest BCUT2D eigenvalue weighted by Crippen LogP contribution is 2.12. The first kappa shape index (κ1) is 13.1. The third kappa shape index (κ3) is 6.63. The predicted octanol–water partition coefficient (Wildman–Crippen LogP) is 2.33. The number of ether oxygens (including phenoxy) is 1. The summed E-state index contributed by atoms with van der Waals surface area (Å²) >= 11 is 0. The largest absolute Gasteiger partial charge is 0.460 e. The van der Waals surface area contributed by atoms with Crippen molar-refractivity contribution in [3.63, 3.8) is 0 Å². The van der Waals surface area contributed by atoms with Crippen LogP contribution in [0, 0.1) is 5.92 Å². The molecule has 3 nitrogen and oxygen atoms in total. The fourth-order valence-electron chi connectivity index (χ4n) is 1.06. The van der Waals surface area contributed by atoms with Crippen LogP contribution in [-0.4, -0.2) is 17.9 Å². The molecule has 82 valence electrons. The van der Waals surface area contributed by atoms with Gasteiger partial charge in [0.05, 0.1) is 0 Å². The standard InChI is InChI=1S/C11H20O3/c1-5-9(8-12)6-7-10(13)14-11(2,3)4/h8-9H,5-7H2,1-4H3. The Hall–Kier alpha value is -0.860. The van der Waals surface area contributed by atoms with E-state index in [1.165, 1.54) is 0 Å². The molecule has 0 saturated carbocycles. The van der Waals surface area contributed by atoms with Crippen LogP contribution in [0.25, 0.3) is 0 Å². The van der Waals surface area contributed by atoms with Crippen molar-refractivity contribution in [2.75, 3.05) is 0 Å². The van der Waals surface area contributed by atoms with Gasteiger partial charge in [-0.05, 0) is 33.6 Å². The second-order valence-corrected chi connectivity index (χ2v) is 4.43. The van der Waals surface area contributed by atoms with Gasteiger partial charge < -0.3 is 9.53 Å². The molecule has 0 heterocycles. The fraction of sp³-hybridized carbons (Fsp3) is 0.818. The van der Waals surface area contributed by atoms with E-state index in [9.17, 15) is 9.59 Å². The predicted molar refractivity (Wildman–Crippen MR) is 54.9 cm³/mol. The van der Waals surface area contributed by atoms with E-state index in [0.29, 0.717) is 12.8 Å². The maximum atomic E-state index is 11.3. The number of carbonyl (C=O) groups is 2. The molecular weight excluding hydrogens is 180 g/mol. The molecule has 0 fully saturated rings. The molecule has 3 heteroatoms. The van der Waals surface area contributed by atoms with Crippen molar-refractivity contribution in [2.24, 2.45) is 5.92 Å². The van der Waals surface area contributed by atoms with Crippen LogP contribution in [0.1, 0.15) is 47.0 Å². The summed E-state index contributed by atoms with van der Waals surface area (Å²) in [5.74, 6) is -0.236. The van der Waals surface area contributed by atoms with Crippen LogP contribution < -0.4 is 0 Å². The van der Waals surface area contributed by atoms with Gasteiger partial charge in [0.1, 0.15) is 11.9 Å². The minimum atomic E-state index is -0.431. The maximum Gasteiger partial charge on any atom is 0.306 e. The Kier molecular flexibility index (Phi) is 5.43. The zero-order valence-corrected chi connectivity index (χ0v) is 9.50. The van der Waals surface area contributed by atoms with Crippen LogP contribution in [0.15, 0.2) is 0 Å². The summed E-state index contributed by atoms with van der Waals surface area (Å²) in [4.78, 5) is 21.7. The summed E-state index contributed by atoms with van der Waals surface area (Å²) in [6.07, 6.45) is 2.61. The molecule has 0 aliphatic carbocycles. The Balaban J connectivity index is 3.79. The molecule has 0 bridgehead atoms. The first-order valence-electron chi connectivity index (χ1n) is 5.06. The van der Waals surface area contributed by atoms with E-state index in [2.05, 4.69) is 0 Å². The highest BCUT2D eigenvalue weighted by molar-refractivity contribution is 5.70. The van der Waals surface area contributed by atoms with Crippen molar-refractivity contribution in [3.8, 4) is 0 Å². The molecule has 0 aromatic rings. The Bertz CT molecular complexity index is 191. The lowest BCUT2D eigenvalue weighted by atomic mass is 10.0. The van der Waals surface area contributed by atoms with Gasteiger partial charge in [-0.3, -0.25) is 4.79 Å². The van der Waals surface area contributed by atoms with E-state index in [4.69, 9.17) is 4.74 Å². The smallest absolute Gasteiger partial charge is 0.306 e. The lowest BCUT2D eigenvalue weighted by Crippen LogP contribution is -2.24. The monoisotopic (exact) mass is 200 g/mol. The highest BCUT2D eigenvalue weighted by Gasteiger charge is 2.17. The van der Waals surface area contributed by atoms with Gasteiger partial charge in [-0.1, -0.05) is 6.92 Å². The average Bonchev–Trinajstić information content (AvgIpc) is 2.03. The Labute approximate surface area is 85.8 Å². The molecule has 14 heavy (non-hydrogen) atoms. The highest BCUT2D eigenvalue weighted by atomic mass is 16.6. The molecule has 0 N–H and O–H groups in total. The number of rotatable bonds is 5. The van der Waals surface area contributed by atoms with Crippen LogP contribution in [0.5, 0.6) is 0 Å². The molecule has 0 radical (unpaired) electrons. The van der Waals surface area contributed by atoms with Crippen LogP contribution in [0.2, 0.25) is 0 Å². The normalized spacial score (nSPS) is 13.4. The van der Waals surface area contributed by atoms with Crippen molar-refractivity contribution in [3.05, 3.63) is 0 Å². The van der Waals surface area contributed by atoms with Crippen LogP contribution in [-0.2, 0) is 14.3 Å². The van der Waals surface area contributed by atoms with E-state index >= 15 is 0 Å². The molecule has 0 aliphatic heterocycles. The topological polar surface area (TPSA) is 43.4 Å². The molecule has 0 aromatic heterocycles. The summed E-state index contributed by atoms with van der Waals surface area (Å²) in [6, 6.07) is 0. The maximum absolute atomic E-state index is 11.3. The van der Waals surface area contributed by atoms with Gasteiger partial charge >= 0.3 is 5.97 Å². The summed E-state index contributed by atoms with van der Waals surface area (Å²) in [6.45, 7) is 7.44. The van der Waals surface area contributed by atoms with Crippen molar-refractivity contribution in [1.29, 1.82) is 0 Å². The van der Waals surface area contributed by atoms with Gasteiger partial charge in [0.15, 0.2) is 0 Å². The van der Waals surface area contributed by atoms with Gasteiger partial charge in [-0.15, -0.1) is 0 Å². The molecule has 0 aromatic carbocycles. The van der Waals surface area contributed by atoms with Gasteiger partial charge in [0.25, 0.3) is 0 Å². The second-order valence-electron chi connectivity index (χ2n) is 4.43. The average molecular weight is 200 g/mol. The zero-order valence-electron chi connectivity index (χ0n) is 9.50. The molecule has 0 spiro atoms. The summed E-state index contributed by atoms with van der Waals surface area (Å²) in [5, 5.41) is 0. The molecule has 0 saturated heterocycles. The Morgan fingerprint density at radius 3 is 2.36 bits per heavy atom.